The highest BCUT2D eigenvalue weighted by Crippen LogP contribution is 2.35. The zero-order valence-electron chi connectivity index (χ0n) is 12.8. The maximum absolute atomic E-state index is 12.6. The highest BCUT2D eigenvalue weighted by Gasteiger charge is 2.21. The molecule has 3 aromatic rings. The van der Waals surface area contributed by atoms with Gasteiger partial charge in [0.05, 0.1) is 4.92 Å². The lowest BCUT2D eigenvalue weighted by Crippen LogP contribution is -2.14. The molecule has 3 aromatic carbocycles. The number of nitro groups is 1. The van der Waals surface area contributed by atoms with Gasteiger partial charge in [-0.2, -0.15) is 0 Å². The van der Waals surface area contributed by atoms with Gasteiger partial charge in [0, 0.05) is 17.1 Å². The van der Waals surface area contributed by atoms with Crippen molar-refractivity contribution >= 4 is 28.1 Å². The van der Waals surface area contributed by atoms with Gasteiger partial charge in [0.15, 0.2) is 0 Å². The molecule has 118 valence electrons. The average molecular weight is 318 g/mol. The summed E-state index contributed by atoms with van der Waals surface area (Å²) in [5.41, 5.74) is 3.11. The lowest BCUT2D eigenvalue weighted by atomic mass is 10.0. The summed E-state index contributed by atoms with van der Waals surface area (Å²) < 4.78 is 0. The topological polar surface area (TPSA) is 72.2 Å². The van der Waals surface area contributed by atoms with E-state index in [1.807, 2.05) is 24.3 Å². The Morgan fingerprint density at radius 1 is 0.958 bits per heavy atom. The second-order valence-corrected chi connectivity index (χ2v) is 5.84. The summed E-state index contributed by atoms with van der Waals surface area (Å²) in [6, 6.07) is 15.9. The highest BCUT2D eigenvalue weighted by molar-refractivity contribution is 6.12. The quantitative estimate of drug-likeness (QED) is 0.584. The summed E-state index contributed by atoms with van der Waals surface area (Å²) in [5, 5.41) is 16.1. The maximum Gasteiger partial charge on any atom is 0.282 e. The van der Waals surface area contributed by atoms with Crippen LogP contribution in [0, 0.1) is 10.1 Å². The number of benzene rings is 3. The van der Waals surface area contributed by atoms with Crippen molar-refractivity contribution in [3.63, 3.8) is 0 Å². The van der Waals surface area contributed by atoms with Gasteiger partial charge in [-0.25, -0.2) is 0 Å². The van der Waals surface area contributed by atoms with Gasteiger partial charge in [0.1, 0.15) is 5.56 Å². The molecule has 0 heterocycles. The van der Waals surface area contributed by atoms with E-state index in [4.69, 9.17) is 0 Å². The molecule has 0 unspecified atom stereocenters. The fourth-order valence-corrected chi connectivity index (χ4v) is 3.37. The van der Waals surface area contributed by atoms with E-state index in [2.05, 4.69) is 11.4 Å². The van der Waals surface area contributed by atoms with Gasteiger partial charge in [-0.15, -0.1) is 0 Å². The zero-order chi connectivity index (χ0) is 16.7. The van der Waals surface area contributed by atoms with E-state index in [0.29, 0.717) is 5.69 Å². The van der Waals surface area contributed by atoms with Gasteiger partial charge in [0.25, 0.3) is 11.6 Å². The number of nitro benzene ring substituents is 1. The average Bonchev–Trinajstić information content (AvgIpc) is 3.02. The molecule has 0 fully saturated rings. The van der Waals surface area contributed by atoms with E-state index < -0.39 is 10.8 Å². The molecule has 1 aliphatic rings. The van der Waals surface area contributed by atoms with Gasteiger partial charge in [-0.05, 0) is 41.5 Å². The Hall–Kier alpha value is -3.21. The molecule has 0 bridgehead atoms. The lowest BCUT2D eigenvalue weighted by molar-refractivity contribution is -0.385. The number of nitrogens with one attached hydrogen (secondary N) is 1. The monoisotopic (exact) mass is 318 g/mol. The van der Waals surface area contributed by atoms with Crippen LogP contribution >= 0.6 is 0 Å². The van der Waals surface area contributed by atoms with Crippen molar-refractivity contribution in [2.45, 2.75) is 12.8 Å². The molecule has 0 aromatic heterocycles. The second kappa shape index (κ2) is 5.45. The molecular weight excluding hydrogens is 304 g/mol. The Morgan fingerprint density at radius 2 is 1.71 bits per heavy atom. The SMILES string of the molecule is O=C(Nc1ccc2c3c(cccc13)CC2)c1ccccc1[N+](=O)[O-]. The number of hydrogen-bond acceptors (Lipinski definition) is 3. The third-order valence-corrected chi connectivity index (χ3v) is 4.47. The summed E-state index contributed by atoms with van der Waals surface area (Å²) in [7, 11) is 0. The number of nitrogens with zero attached hydrogens (tertiary/aromatic N) is 1. The Morgan fingerprint density at radius 3 is 2.50 bits per heavy atom. The van der Waals surface area contributed by atoms with Gasteiger partial charge >= 0.3 is 0 Å². The largest absolute Gasteiger partial charge is 0.321 e. The van der Waals surface area contributed by atoms with Crippen LogP contribution in [0.25, 0.3) is 10.8 Å². The Balaban J connectivity index is 1.76. The third kappa shape index (κ3) is 2.22. The Labute approximate surface area is 138 Å². The van der Waals surface area contributed by atoms with Crippen LogP contribution in [0.3, 0.4) is 0 Å². The number of carbonyl (C=O) groups excluding carboxylic acids is 1. The second-order valence-electron chi connectivity index (χ2n) is 5.84. The molecule has 1 amide bonds. The molecular formula is C19H14N2O3. The van der Waals surface area contributed by atoms with Crippen LogP contribution in [0.5, 0.6) is 0 Å². The Kier molecular flexibility index (Phi) is 3.27. The van der Waals surface area contributed by atoms with Crippen LogP contribution in [0.4, 0.5) is 11.4 Å². The number of aryl methyl sites for hydroxylation is 2. The molecule has 1 N–H and O–H groups in total. The van der Waals surface area contributed by atoms with Crippen LogP contribution in [-0.2, 0) is 12.8 Å². The van der Waals surface area contributed by atoms with Crippen LogP contribution in [-0.4, -0.2) is 10.8 Å². The zero-order valence-corrected chi connectivity index (χ0v) is 12.8. The van der Waals surface area contributed by atoms with E-state index in [9.17, 15) is 14.9 Å². The van der Waals surface area contributed by atoms with E-state index >= 15 is 0 Å². The smallest absolute Gasteiger partial charge is 0.282 e. The first-order valence-electron chi connectivity index (χ1n) is 7.73. The van der Waals surface area contributed by atoms with Crippen LogP contribution in [0.1, 0.15) is 21.5 Å². The summed E-state index contributed by atoms with van der Waals surface area (Å²) in [5.74, 6) is -0.471. The predicted octanol–water partition coefficient (Wildman–Crippen LogP) is 4.10. The molecule has 0 saturated carbocycles. The highest BCUT2D eigenvalue weighted by atomic mass is 16.6. The predicted molar refractivity (Wildman–Crippen MR) is 92.4 cm³/mol. The fraction of sp³-hybridized carbons (Fsp3) is 0.105. The minimum Gasteiger partial charge on any atom is -0.321 e. The van der Waals surface area contributed by atoms with E-state index in [1.54, 1.807) is 12.1 Å². The summed E-state index contributed by atoms with van der Waals surface area (Å²) >= 11 is 0. The number of carbonyl (C=O) groups is 1. The normalized spacial score (nSPS) is 12.3. The number of hydrogen-bond donors (Lipinski definition) is 1. The molecule has 5 nitrogen and oxygen atoms in total. The third-order valence-electron chi connectivity index (χ3n) is 4.47. The first-order valence-corrected chi connectivity index (χ1v) is 7.73. The number of anilines is 1. The van der Waals surface area contributed by atoms with Crippen molar-refractivity contribution in [3.05, 3.63) is 81.4 Å². The minimum absolute atomic E-state index is 0.0609. The van der Waals surface area contributed by atoms with Gasteiger partial charge in [-0.1, -0.05) is 36.4 Å². The summed E-state index contributed by atoms with van der Waals surface area (Å²) in [6.07, 6.45) is 2.02. The van der Waals surface area contributed by atoms with E-state index in [1.165, 1.54) is 28.6 Å². The lowest BCUT2D eigenvalue weighted by Gasteiger charge is -2.11. The molecule has 5 heteroatoms. The molecule has 0 spiro atoms. The molecule has 24 heavy (non-hydrogen) atoms. The summed E-state index contributed by atoms with van der Waals surface area (Å²) in [4.78, 5) is 23.1. The van der Waals surface area contributed by atoms with Crippen molar-refractivity contribution in [1.82, 2.24) is 0 Å². The number of para-hydroxylation sites is 1. The van der Waals surface area contributed by atoms with E-state index in [0.717, 1.165) is 18.2 Å². The molecule has 4 rings (SSSR count). The molecule has 0 atom stereocenters. The van der Waals surface area contributed by atoms with Crippen LogP contribution in [0.15, 0.2) is 54.6 Å². The first kappa shape index (κ1) is 14.4. The molecule has 0 saturated heterocycles. The standard InChI is InChI=1S/C19H14N2O3/c22-19(15-5-1-2-7-17(15)21(23)24)20-16-11-10-13-9-8-12-4-3-6-14(16)18(12)13/h1-7,10-11H,8-9H2,(H,20,22). The van der Waals surface area contributed by atoms with Gasteiger partial charge < -0.3 is 5.32 Å². The van der Waals surface area contributed by atoms with Crippen LogP contribution in [0.2, 0.25) is 0 Å². The van der Waals surface area contributed by atoms with Crippen molar-refractivity contribution < 1.29 is 9.72 Å². The van der Waals surface area contributed by atoms with E-state index in [-0.39, 0.29) is 11.3 Å². The molecule has 0 aliphatic heterocycles. The van der Waals surface area contributed by atoms with Crippen LogP contribution < -0.4 is 5.32 Å². The van der Waals surface area contributed by atoms with Crippen molar-refractivity contribution in [3.8, 4) is 0 Å². The molecule has 1 aliphatic carbocycles. The van der Waals surface area contributed by atoms with Crippen molar-refractivity contribution in [1.29, 1.82) is 0 Å². The van der Waals surface area contributed by atoms with Gasteiger partial charge in [-0.3, -0.25) is 14.9 Å². The van der Waals surface area contributed by atoms with Crippen molar-refractivity contribution in [2.24, 2.45) is 0 Å². The van der Waals surface area contributed by atoms with Crippen molar-refractivity contribution in [2.75, 3.05) is 5.32 Å². The van der Waals surface area contributed by atoms with Gasteiger partial charge in [0.2, 0.25) is 0 Å². The minimum atomic E-state index is -0.539. The fourth-order valence-electron chi connectivity index (χ4n) is 3.37. The molecule has 0 radical (unpaired) electrons. The summed E-state index contributed by atoms with van der Waals surface area (Å²) in [6.45, 7) is 0. The Bertz CT molecular complexity index is 985. The number of rotatable bonds is 3. The maximum atomic E-state index is 12.6. The first-order chi connectivity index (χ1) is 11.6. The number of amides is 1.